The van der Waals surface area contributed by atoms with Gasteiger partial charge in [0.05, 0.1) is 6.54 Å². The lowest BCUT2D eigenvalue weighted by Crippen LogP contribution is -2.21. The van der Waals surface area contributed by atoms with Crippen LogP contribution < -0.4 is 11.0 Å². The zero-order chi connectivity index (χ0) is 20.6. The molecule has 4 rings (SSSR count). The molecule has 0 aliphatic carbocycles. The number of pyridine rings is 1. The number of furan rings is 1. The smallest absolute Gasteiger partial charge is 0.350 e. The number of amides is 1. The normalized spacial score (nSPS) is 11.6. The van der Waals surface area contributed by atoms with Gasteiger partial charge in [0.25, 0.3) is 5.91 Å². The van der Waals surface area contributed by atoms with E-state index < -0.39 is 15.7 Å². The van der Waals surface area contributed by atoms with Gasteiger partial charge in [0.15, 0.2) is 11.4 Å². The molecule has 9 nitrogen and oxygen atoms in total. The van der Waals surface area contributed by atoms with Crippen molar-refractivity contribution in [2.75, 3.05) is 11.6 Å². The minimum atomic E-state index is -3.53. The van der Waals surface area contributed by atoms with E-state index >= 15 is 0 Å². The number of hydrogen-bond donors (Lipinski definition) is 1. The van der Waals surface area contributed by atoms with Crippen LogP contribution in [0.1, 0.15) is 16.1 Å². The maximum Gasteiger partial charge on any atom is 0.350 e. The molecule has 0 unspecified atom stereocenters. The van der Waals surface area contributed by atoms with Gasteiger partial charge in [-0.05, 0) is 42.0 Å². The second-order valence-corrected chi connectivity index (χ2v) is 8.36. The molecule has 3 heterocycles. The average Bonchev–Trinajstić information content (AvgIpc) is 3.29. The van der Waals surface area contributed by atoms with E-state index in [9.17, 15) is 18.0 Å². The lowest BCUT2D eigenvalue weighted by Gasteiger charge is -2.06. The van der Waals surface area contributed by atoms with Gasteiger partial charge in [0, 0.05) is 18.1 Å². The molecule has 1 N–H and O–H groups in total. The second-order valence-electron chi connectivity index (χ2n) is 6.41. The van der Waals surface area contributed by atoms with E-state index in [4.69, 9.17) is 4.42 Å². The van der Waals surface area contributed by atoms with Crippen LogP contribution >= 0.6 is 0 Å². The quantitative estimate of drug-likeness (QED) is 0.534. The molecule has 0 spiro atoms. The number of rotatable bonds is 5. The van der Waals surface area contributed by atoms with E-state index in [0.717, 1.165) is 11.8 Å². The van der Waals surface area contributed by atoms with Crippen molar-refractivity contribution in [3.8, 4) is 0 Å². The minimum absolute atomic E-state index is 0.118. The standard InChI is InChI=1S/C19H16N4O5S/c1-29(26,27)17-9-8-15(28-17)18(24)20-14-6-4-5-13(11-14)12-23-19(25)22-10-3-2-7-16(22)21-23/h2-11H,12H2,1H3,(H,20,24). The second kappa shape index (κ2) is 7.06. The summed E-state index contributed by atoms with van der Waals surface area (Å²) < 4.78 is 30.8. The number of hydrogen-bond acceptors (Lipinski definition) is 6. The fourth-order valence-corrected chi connectivity index (χ4v) is 3.38. The van der Waals surface area contributed by atoms with Crippen LogP contribution in [-0.4, -0.2) is 34.8 Å². The van der Waals surface area contributed by atoms with Gasteiger partial charge in [0.1, 0.15) is 0 Å². The summed E-state index contributed by atoms with van der Waals surface area (Å²) in [6.07, 6.45) is 2.64. The van der Waals surface area contributed by atoms with Crippen molar-refractivity contribution in [1.82, 2.24) is 14.2 Å². The van der Waals surface area contributed by atoms with Crippen molar-refractivity contribution >= 4 is 27.1 Å². The van der Waals surface area contributed by atoms with Crippen LogP contribution in [0.3, 0.4) is 0 Å². The van der Waals surface area contributed by atoms with E-state index in [1.807, 2.05) is 0 Å². The lowest BCUT2D eigenvalue weighted by atomic mass is 10.2. The van der Waals surface area contributed by atoms with Gasteiger partial charge in [-0.1, -0.05) is 18.2 Å². The molecule has 0 fully saturated rings. The predicted molar refractivity (Wildman–Crippen MR) is 105 cm³/mol. The van der Waals surface area contributed by atoms with E-state index in [-0.39, 0.29) is 23.1 Å². The Morgan fingerprint density at radius 2 is 1.97 bits per heavy atom. The Bertz CT molecular complexity index is 1380. The number of aromatic nitrogens is 3. The first kappa shape index (κ1) is 18.7. The third kappa shape index (κ3) is 3.83. The SMILES string of the molecule is CS(=O)(=O)c1ccc(C(=O)Nc2cccc(Cn3nc4ccccn4c3=O)c2)o1. The van der Waals surface area contributed by atoms with Crippen molar-refractivity contribution in [1.29, 1.82) is 0 Å². The highest BCUT2D eigenvalue weighted by Crippen LogP contribution is 2.17. The third-order valence-electron chi connectivity index (χ3n) is 4.18. The molecule has 0 atom stereocenters. The van der Waals surface area contributed by atoms with E-state index in [2.05, 4.69) is 10.4 Å². The zero-order valence-electron chi connectivity index (χ0n) is 15.3. The Hall–Kier alpha value is -3.66. The first-order chi connectivity index (χ1) is 13.8. The van der Waals surface area contributed by atoms with Crippen molar-refractivity contribution in [3.05, 3.63) is 82.6 Å². The van der Waals surface area contributed by atoms with Gasteiger partial charge in [-0.25, -0.2) is 17.9 Å². The van der Waals surface area contributed by atoms with Crippen molar-refractivity contribution in [2.24, 2.45) is 0 Å². The Labute approximate surface area is 165 Å². The molecule has 4 aromatic rings. The number of anilines is 1. The fraction of sp³-hybridized carbons (Fsp3) is 0.105. The molecule has 0 aliphatic heterocycles. The highest BCUT2D eigenvalue weighted by atomic mass is 32.2. The summed E-state index contributed by atoms with van der Waals surface area (Å²) in [5.74, 6) is -0.700. The van der Waals surface area contributed by atoms with Crippen LogP contribution in [0.2, 0.25) is 0 Å². The van der Waals surface area contributed by atoms with Crippen molar-refractivity contribution < 1.29 is 17.6 Å². The predicted octanol–water partition coefficient (Wildman–Crippen LogP) is 1.79. The number of nitrogens with zero attached hydrogens (tertiary/aromatic N) is 3. The van der Waals surface area contributed by atoms with Crippen LogP contribution in [-0.2, 0) is 16.4 Å². The molecule has 0 saturated carbocycles. The molecule has 0 bridgehead atoms. The van der Waals surface area contributed by atoms with Gasteiger partial charge in [-0.3, -0.25) is 9.20 Å². The Morgan fingerprint density at radius 1 is 1.14 bits per heavy atom. The van der Waals surface area contributed by atoms with Gasteiger partial charge in [0.2, 0.25) is 14.9 Å². The van der Waals surface area contributed by atoms with Gasteiger partial charge >= 0.3 is 5.69 Å². The van der Waals surface area contributed by atoms with Crippen LogP contribution in [0.4, 0.5) is 5.69 Å². The number of nitrogens with one attached hydrogen (secondary N) is 1. The summed E-state index contributed by atoms with van der Waals surface area (Å²) in [4.78, 5) is 24.7. The highest BCUT2D eigenvalue weighted by molar-refractivity contribution is 7.90. The summed E-state index contributed by atoms with van der Waals surface area (Å²) >= 11 is 0. The van der Waals surface area contributed by atoms with E-state index in [1.165, 1.54) is 21.2 Å². The van der Waals surface area contributed by atoms with Gasteiger partial charge in [-0.15, -0.1) is 5.10 Å². The molecule has 0 aliphatic rings. The van der Waals surface area contributed by atoms with Gasteiger partial charge in [-0.2, -0.15) is 0 Å². The minimum Gasteiger partial charge on any atom is -0.440 e. The molecular weight excluding hydrogens is 396 g/mol. The third-order valence-corrected chi connectivity index (χ3v) is 5.13. The van der Waals surface area contributed by atoms with E-state index in [0.29, 0.717) is 11.3 Å². The number of carbonyl (C=O) groups excluding carboxylic acids is 1. The largest absolute Gasteiger partial charge is 0.440 e. The van der Waals surface area contributed by atoms with E-state index in [1.54, 1.807) is 48.7 Å². The summed E-state index contributed by atoms with van der Waals surface area (Å²) in [5, 5.41) is 6.65. The maximum absolute atomic E-state index is 12.4. The molecule has 3 aromatic heterocycles. The molecule has 1 aromatic carbocycles. The van der Waals surface area contributed by atoms with Crippen molar-refractivity contribution in [2.45, 2.75) is 11.6 Å². The summed E-state index contributed by atoms with van der Waals surface area (Å²) in [5.41, 5.74) is 1.51. The Morgan fingerprint density at radius 3 is 2.69 bits per heavy atom. The molecule has 0 saturated heterocycles. The Balaban J connectivity index is 1.54. The molecule has 1 amide bonds. The summed E-state index contributed by atoms with van der Waals surface area (Å²) in [7, 11) is -3.53. The molecule has 0 radical (unpaired) electrons. The first-order valence-corrected chi connectivity index (χ1v) is 10.4. The molecule has 10 heteroatoms. The van der Waals surface area contributed by atoms with Gasteiger partial charge < -0.3 is 9.73 Å². The van der Waals surface area contributed by atoms with Crippen LogP contribution in [0.5, 0.6) is 0 Å². The van der Waals surface area contributed by atoms with Crippen LogP contribution in [0, 0.1) is 0 Å². The molecule has 148 valence electrons. The summed E-state index contributed by atoms with van der Waals surface area (Å²) in [6.45, 7) is 0.225. The number of fused-ring (bicyclic) bond motifs is 1. The number of benzene rings is 1. The fourth-order valence-electron chi connectivity index (χ4n) is 2.83. The maximum atomic E-state index is 12.4. The monoisotopic (exact) mass is 412 g/mol. The zero-order valence-corrected chi connectivity index (χ0v) is 16.1. The van der Waals surface area contributed by atoms with Crippen molar-refractivity contribution in [3.63, 3.8) is 0 Å². The average molecular weight is 412 g/mol. The summed E-state index contributed by atoms with van der Waals surface area (Å²) in [6, 6.07) is 14.7. The Kier molecular flexibility index (Phi) is 4.55. The molecular formula is C19H16N4O5S. The lowest BCUT2D eigenvalue weighted by molar-refractivity contribution is 0.0991. The molecule has 29 heavy (non-hydrogen) atoms. The number of sulfone groups is 1. The first-order valence-electron chi connectivity index (χ1n) is 8.56. The van der Waals surface area contributed by atoms with Crippen LogP contribution in [0.15, 0.2) is 75.1 Å². The number of carbonyl (C=O) groups is 1. The van der Waals surface area contributed by atoms with Crippen LogP contribution in [0.25, 0.3) is 5.65 Å². The topological polar surface area (TPSA) is 116 Å². The highest BCUT2D eigenvalue weighted by Gasteiger charge is 2.17.